The summed E-state index contributed by atoms with van der Waals surface area (Å²) in [7, 11) is 0. The summed E-state index contributed by atoms with van der Waals surface area (Å²) in [5, 5.41) is 5.51. The minimum atomic E-state index is -4.75. The number of amides is 2. The van der Waals surface area contributed by atoms with Gasteiger partial charge in [0.15, 0.2) is 0 Å². The molecule has 7 nitrogen and oxygen atoms in total. The fourth-order valence-electron chi connectivity index (χ4n) is 3.75. The Bertz CT molecular complexity index is 1450. The second-order valence-electron chi connectivity index (χ2n) is 9.79. The lowest BCUT2D eigenvalue weighted by atomic mass is 9.86. The van der Waals surface area contributed by atoms with Crippen LogP contribution in [0.25, 0.3) is 0 Å². The molecule has 0 atom stereocenters. The predicted molar refractivity (Wildman–Crippen MR) is 146 cm³/mol. The van der Waals surface area contributed by atoms with Crippen LogP contribution in [0.1, 0.15) is 31.9 Å². The molecule has 0 aliphatic heterocycles. The van der Waals surface area contributed by atoms with E-state index in [1.807, 2.05) is 24.3 Å². The fraction of sp³-hybridized carbons (Fsp3) is 0.200. The van der Waals surface area contributed by atoms with Crippen LogP contribution in [-0.4, -0.2) is 17.4 Å². The number of nitrogens with zero attached hydrogens (tertiary/aromatic N) is 1. The van der Waals surface area contributed by atoms with Gasteiger partial charge in [0.2, 0.25) is 5.88 Å². The normalized spacial score (nSPS) is 11.4. The van der Waals surface area contributed by atoms with Crippen LogP contribution in [0.15, 0.2) is 91.1 Å². The summed E-state index contributed by atoms with van der Waals surface area (Å²) in [6.07, 6.45) is -3.17. The lowest BCUT2D eigenvalue weighted by Crippen LogP contribution is -2.20. The highest BCUT2D eigenvalue weighted by molar-refractivity contribution is 6.00. The van der Waals surface area contributed by atoms with Gasteiger partial charge in [0.25, 0.3) is 0 Å². The molecule has 4 rings (SSSR count). The second-order valence-corrected chi connectivity index (χ2v) is 9.79. The number of nitrogens with one attached hydrogen (secondary N) is 2. The molecule has 2 N–H and O–H groups in total. The molecule has 40 heavy (non-hydrogen) atoms. The number of carbonyl (C=O) groups excluding carboxylic acids is 1. The molecular weight excluding hydrogens is 523 g/mol. The van der Waals surface area contributed by atoms with Crippen molar-refractivity contribution in [1.29, 1.82) is 0 Å². The average molecular weight is 552 g/mol. The first-order valence-electron chi connectivity index (χ1n) is 12.3. The summed E-state index contributed by atoms with van der Waals surface area (Å²) in [4.78, 5) is 17.1. The molecule has 0 bridgehead atoms. The highest BCUT2D eigenvalue weighted by atomic mass is 19.4. The molecule has 10 heteroatoms. The van der Waals surface area contributed by atoms with Crippen molar-refractivity contribution in [2.45, 2.75) is 39.2 Å². The van der Waals surface area contributed by atoms with Gasteiger partial charge in [-0.25, -0.2) is 9.78 Å². The first kappa shape index (κ1) is 28.3. The number of ether oxygens (including phenoxy) is 3. The van der Waals surface area contributed by atoms with Crippen molar-refractivity contribution in [2.24, 2.45) is 0 Å². The first-order valence-corrected chi connectivity index (χ1v) is 12.3. The molecule has 0 aliphatic carbocycles. The number of carbonyl (C=O) groups is 1. The summed E-state index contributed by atoms with van der Waals surface area (Å²) in [5.41, 5.74) is 2.33. The molecule has 0 aliphatic rings. The van der Waals surface area contributed by atoms with E-state index in [1.54, 1.807) is 42.6 Å². The zero-order valence-corrected chi connectivity index (χ0v) is 22.1. The van der Waals surface area contributed by atoms with Gasteiger partial charge in [-0.3, -0.25) is 0 Å². The highest BCUT2D eigenvalue weighted by Gasteiger charge is 2.31. The Morgan fingerprint density at radius 2 is 1.60 bits per heavy atom. The number of rotatable bonds is 8. The Labute approximate surface area is 229 Å². The van der Waals surface area contributed by atoms with E-state index < -0.39 is 12.4 Å². The summed E-state index contributed by atoms with van der Waals surface area (Å²) in [5.74, 6) is 1.04. The van der Waals surface area contributed by atoms with Crippen molar-refractivity contribution in [2.75, 3.05) is 10.6 Å². The van der Waals surface area contributed by atoms with E-state index in [4.69, 9.17) is 9.47 Å². The Morgan fingerprint density at radius 3 is 2.33 bits per heavy atom. The maximum Gasteiger partial charge on any atom is 0.573 e. The summed E-state index contributed by atoms with van der Waals surface area (Å²) in [6.45, 7) is 6.36. The number of pyridine rings is 1. The zero-order valence-electron chi connectivity index (χ0n) is 22.1. The Balaban J connectivity index is 1.37. The molecule has 2 amide bonds. The molecule has 4 aromatic rings. The Kier molecular flexibility index (Phi) is 8.47. The molecule has 1 heterocycles. The van der Waals surface area contributed by atoms with Crippen LogP contribution in [0.5, 0.6) is 23.1 Å². The first-order chi connectivity index (χ1) is 19.0. The molecule has 0 radical (unpaired) electrons. The fourth-order valence-corrected chi connectivity index (χ4v) is 3.75. The van der Waals surface area contributed by atoms with Crippen molar-refractivity contribution in [1.82, 2.24) is 4.98 Å². The van der Waals surface area contributed by atoms with Crippen LogP contribution in [0.4, 0.5) is 29.3 Å². The topological polar surface area (TPSA) is 81.7 Å². The van der Waals surface area contributed by atoms with Gasteiger partial charge >= 0.3 is 12.4 Å². The van der Waals surface area contributed by atoms with E-state index in [9.17, 15) is 18.0 Å². The van der Waals surface area contributed by atoms with Gasteiger partial charge in [0.1, 0.15) is 29.5 Å². The monoisotopic (exact) mass is 551 g/mol. The average Bonchev–Trinajstić information content (AvgIpc) is 2.88. The number of hydrogen-bond donors (Lipinski definition) is 2. The van der Waals surface area contributed by atoms with E-state index in [1.165, 1.54) is 24.3 Å². The van der Waals surface area contributed by atoms with Crippen molar-refractivity contribution in [3.63, 3.8) is 0 Å². The summed E-state index contributed by atoms with van der Waals surface area (Å²) in [6, 6.07) is 22.6. The molecule has 0 unspecified atom stereocenters. The van der Waals surface area contributed by atoms with Crippen LogP contribution in [-0.2, 0) is 12.0 Å². The third-order valence-corrected chi connectivity index (χ3v) is 5.58. The number of halogens is 3. The maximum atomic E-state index is 12.8. The SMILES string of the molecule is CC(C)(C)c1ccccc1Oc1ncccc1NC(=O)Nc1cccc(OCc2ccc(OC(F)(F)F)cc2)c1. The number of anilines is 2. The van der Waals surface area contributed by atoms with Crippen molar-refractivity contribution >= 4 is 17.4 Å². The number of hydrogen-bond acceptors (Lipinski definition) is 5. The van der Waals surface area contributed by atoms with E-state index in [2.05, 4.69) is 41.1 Å². The van der Waals surface area contributed by atoms with Gasteiger partial charge in [-0.15, -0.1) is 13.2 Å². The maximum absolute atomic E-state index is 12.8. The van der Waals surface area contributed by atoms with Crippen LogP contribution in [0.3, 0.4) is 0 Å². The predicted octanol–water partition coefficient (Wildman–Crippen LogP) is 8.29. The molecule has 0 spiro atoms. The van der Waals surface area contributed by atoms with Gasteiger partial charge in [-0.1, -0.05) is 57.2 Å². The summed E-state index contributed by atoms with van der Waals surface area (Å²) < 4.78 is 52.7. The largest absolute Gasteiger partial charge is 0.573 e. The van der Waals surface area contributed by atoms with E-state index in [0.29, 0.717) is 28.4 Å². The molecule has 208 valence electrons. The number of aromatic nitrogens is 1. The minimum absolute atomic E-state index is 0.106. The third kappa shape index (κ3) is 8.13. The van der Waals surface area contributed by atoms with Gasteiger partial charge in [0.05, 0.1) is 0 Å². The van der Waals surface area contributed by atoms with Crippen molar-refractivity contribution in [3.8, 4) is 23.1 Å². The van der Waals surface area contributed by atoms with Gasteiger partial charge in [-0.05, 0) is 53.4 Å². The molecule has 0 saturated carbocycles. The van der Waals surface area contributed by atoms with Gasteiger partial charge in [-0.2, -0.15) is 0 Å². The number of urea groups is 1. The van der Waals surface area contributed by atoms with Crippen LogP contribution in [0, 0.1) is 0 Å². The second kappa shape index (κ2) is 12.0. The Hall–Kier alpha value is -4.73. The number of para-hydroxylation sites is 1. The molecule has 0 fully saturated rings. The number of benzene rings is 3. The lowest BCUT2D eigenvalue weighted by Gasteiger charge is -2.22. The van der Waals surface area contributed by atoms with Crippen LogP contribution in [0.2, 0.25) is 0 Å². The van der Waals surface area contributed by atoms with Crippen LogP contribution < -0.4 is 24.8 Å². The smallest absolute Gasteiger partial charge is 0.489 e. The van der Waals surface area contributed by atoms with Crippen LogP contribution >= 0.6 is 0 Å². The summed E-state index contributed by atoms with van der Waals surface area (Å²) >= 11 is 0. The highest BCUT2D eigenvalue weighted by Crippen LogP contribution is 2.35. The standard InChI is InChI=1S/C30H28F3N3O4/c1-29(2,3)24-10-4-5-12-26(24)39-27-25(11-7-17-34-27)36-28(37)35-21-8-6-9-23(18-21)38-19-20-13-15-22(16-14-20)40-30(31,32)33/h4-18H,19H2,1-3H3,(H2,35,36,37). The quantitative estimate of drug-likeness (QED) is 0.230. The van der Waals surface area contributed by atoms with Gasteiger partial charge < -0.3 is 24.8 Å². The molecule has 3 aromatic carbocycles. The zero-order chi connectivity index (χ0) is 28.8. The van der Waals surface area contributed by atoms with Crippen molar-refractivity contribution < 1.29 is 32.2 Å². The van der Waals surface area contributed by atoms with E-state index in [-0.39, 0.29) is 23.7 Å². The van der Waals surface area contributed by atoms with Crippen molar-refractivity contribution in [3.05, 3.63) is 102 Å². The molecule has 0 saturated heterocycles. The van der Waals surface area contributed by atoms with E-state index in [0.717, 1.165) is 5.56 Å². The van der Waals surface area contributed by atoms with Gasteiger partial charge in [0, 0.05) is 23.5 Å². The molecule has 1 aromatic heterocycles. The third-order valence-electron chi connectivity index (χ3n) is 5.58. The van der Waals surface area contributed by atoms with E-state index >= 15 is 0 Å². The number of alkyl halides is 3. The lowest BCUT2D eigenvalue weighted by molar-refractivity contribution is -0.274. The molecular formula is C30H28F3N3O4. The minimum Gasteiger partial charge on any atom is -0.489 e. The Morgan fingerprint density at radius 1 is 0.850 bits per heavy atom.